The molecular weight excluding hydrogens is 175 g/mol. The van der Waals surface area contributed by atoms with Crippen molar-refractivity contribution in [2.24, 2.45) is 0 Å². The Labute approximate surface area is 85.6 Å². The van der Waals surface area contributed by atoms with Crippen LogP contribution in [0.25, 0.3) is 0 Å². The summed E-state index contributed by atoms with van der Waals surface area (Å²) in [6.07, 6.45) is 3.99. The minimum absolute atomic E-state index is 0.392. The maximum atomic E-state index is 5.71. The van der Waals surface area contributed by atoms with Crippen LogP contribution in [0, 0.1) is 0 Å². The summed E-state index contributed by atoms with van der Waals surface area (Å²) in [6.45, 7) is 0. The van der Waals surface area contributed by atoms with Gasteiger partial charge in [-0.25, -0.2) is 0 Å². The van der Waals surface area contributed by atoms with Gasteiger partial charge in [0, 0.05) is 6.07 Å². The molecule has 1 aliphatic carbocycles. The van der Waals surface area contributed by atoms with Crippen molar-refractivity contribution in [3.8, 4) is 11.5 Å². The van der Waals surface area contributed by atoms with Crippen LogP contribution >= 0.6 is 0 Å². The lowest BCUT2D eigenvalue weighted by Gasteiger charge is -2.26. The van der Waals surface area contributed by atoms with Gasteiger partial charge in [-0.15, -0.1) is 0 Å². The Morgan fingerprint density at radius 1 is 1.36 bits per heavy atom. The Kier molecular flexibility index (Phi) is 2.66. The maximum absolute atomic E-state index is 5.71. The van der Waals surface area contributed by atoms with Gasteiger partial charge in [0.15, 0.2) is 0 Å². The first-order chi connectivity index (χ1) is 6.79. The van der Waals surface area contributed by atoms with Crippen LogP contribution in [-0.4, -0.2) is 21.1 Å². The quantitative estimate of drug-likeness (QED) is 0.667. The molecule has 14 heavy (non-hydrogen) atoms. The first kappa shape index (κ1) is 9.44. The second-order valence-electron chi connectivity index (χ2n) is 3.57. The summed E-state index contributed by atoms with van der Waals surface area (Å²) in [5, 5.41) is 0. The van der Waals surface area contributed by atoms with Crippen LogP contribution in [-0.2, 0) is 0 Å². The Bertz CT molecular complexity index is 321. The highest BCUT2D eigenvalue weighted by molar-refractivity contribution is 6.34. The van der Waals surface area contributed by atoms with E-state index in [0.29, 0.717) is 17.3 Å². The first-order valence-corrected chi connectivity index (χ1v) is 4.90. The molecule has 2 radical (unpaired) electrons. The molecule has 0 aromatic heterocycles. The third-order valence-electron chi connectivity index (χ3n) is 2.56. The highest BCUT2D eigenvalue weighted by Gasteiger charge is 2.19. The molecule has 1 aromatic carbocycles. The molecule has 0 aliphatic heterocycles. The van der Waals surface area contributed by atoms with E-state index in [1.54, 1.807) is 7.11 Å². The molecule has 72 valence electrons. The molecule has 0 amide bonds. The van der Waals surface area contributed by atoms with Crippen LogP contribution in [0.1, 0.15) is 19.3 Å². The molecule has 0 saturated heterocycles. The van der Waals surface area contributed by atoms with E-state index in [-0.39, 0.29) is 0 Å². The molecule has 0 bridgehead atoms. The van der Waals surface area contributed by atoms with E-state index in [0.717, 1.165) is 18.6 Å². The zero-order chi connectivity index (χ0) is 9.97. The van der Waals surface area contributed by atoms with Crippen molar-refractivity contribution in [3.63, 3.8) is 0 Å². The van der Waals surface area contributed by atoms with Crippen LogP contribution < -0.4 is 14.9 Å². The lowest BCUT2D eigenvalue weighted by atomic mass is 9.94. The molecule has 1 aromatic rings. The summed E-state index contributed by atoms with van der Waals surface area (Å²) >= 11 is 0. The van der Waals surface area contributed by atoms with Crippen molar-refractivity contribution in [2.75, 3.05) is 7.11 Å². The molecule has 1 fully saturated rings. The predicted octanol–water partition coefficient (Wildman–Crippen LogP) is 1.42. The molecule has 0 N–H and O–H groups in total. The molecule has 2 rings (SSSR count). The average molecular weight is 188 g/mol. The van der Waals surface area contributed by atoms with E-state index in [1.807, 2.05) is 18.2 Å². The van der Waals surface area contributed by atoms with Gasteiger partial charge in [-0.3, -0.25) is 0 Å². The van der Waals surface area contributed by atoms with Crippen molar-refractivity contribution in [1.82, 2.24) is 0 Å². The fourth-order valence-corrected chi connectivity index (χ4v) is 1.45. The van der Waals surface area contributed by atoms with E-state index in [9.17, 15) is 0 Å². The minimum atomic E-state index is 0.392. The van der Waals surface area contributed by atoms with Gasteiger partial charge in [0.1, 0.15) is 19.3 Å². The third-order valence-corrected chi connectivity index (χ3v) is 2.56. The number of methoxy groups -OCH3 is 1. The lowest BCUT2D eigenvalue weighted by Crippen LogP contribution is -2.24. The standard InChI is InChI=1S/C11H13BO2/c1-13-11-7-9(5-6-10(11)12)14-8-3-2-4-8/h5-8H,2-4H2,1H3. The van der Waals surface area contributed by atoms with Gasteiger partial charge in [-0.1, -0.05) is 11.5 Å². The SMILES string of the molecule is [B]c1ccc(OC2CCC2)cc1OC. The Morgan fingerprint density at radius 2 is 2.14 bits per heavy atom. The van der Waals surface area contributed by atoms with Crippen molar-refractivity contribution in [2.45, 2.75) is 25.4 Å². The molecule has 0 unspecified atom stereocenters. The summed E-state index contributed by atoms with van der Waals surface area (Å²) < 4.78 is 10.8. The van der Waals surface area contributed by atoms with E-state index in [2.05, 4.69) is 0 Å². The predicted molar refractivity (Wildman–Crippen MR) is 56.6 cm³/mol. The summed E-state index contributed by atoms with van der Waals surface area (Å²) in [4.78, 5) is 0. The minimum Gasteiger partial charge on any atom is -0.497 e. The highest BCUT2D eigenvalue weighted by atomic mass is 16.5. The van der Waals surface area contributed by atoms with Gasteiger partial charge < -0.3 is 9.47 Å². The number of hydrogen-bond donors (Lipinski definition) is 0. The van der Waals surface area contributed by atoms with Crippen LogP contribution in [0.4, 0.5) is 0 Å². The fraction of sp³-hybridized carbons (Fsp3) is 0.455. The van der Waals surface area contributed by atoms with E-state index < -0.39 is 0 Å². The largest absolute Gasteiger partial charge is 0.497 e. The van der Waals surface area contributed by atoms with Crippen molar-refractivity contribution in [3.05, 3.63) is 18.2 Å². The lowest BCUT2D eigenvalue weighted by molar-refractivity contribution is 0.120. The number of benzene rings is 1. The van der Waals surface area contributed by atoms with Gasteiger partial charge >= 0.3 is 0 Å². The second-order valence-corrected chi connectivity index (χ2v) is 3.57. The van der Waals surface area contributed by atoms with Crippen molar-refractivity contribution in [1.29, 1.82) is 0 Å². The molecule has 2 nitrogen and oxygen atoms in total. The van der Waals surface area contributed by atoms with E-state index in [1.165, 1.54) is 6.42 Å². The second kappa shape index (κ2) is 3.95. The van der Waals surface area contributed by atoms with Crippen LogP contribution in [0.3, 0.4) is 0 Å². The van der Waals surface area contributed by atoms with Gasteiger partial charge in [-0.05, 0) is 25.3 Å². The Hall–Kier alpha value is -1.12. The topological polar surface area (TPSA) is 18.5 Å². The van der Waals surface area contributed by atoms with Gasteiger partial charge in [0.05, 0.1) is 13.2 Å². The van der Waals surface area contributed by atoms with Gasteiger partial charge in [0.2, 0.25) is 0 Å². The Balaban J connectivity index is 2.09. The normalized spacial score (nSPS) is 16.1. The molecule has 1 aliphatic rings. The molecule has 0 heterocycles. The smallest absolute Gasteiger partial charge is 0.123 e. The van der Waals surface area contributed by atoms with E-state index >= 15 is 0 Å². The summed E-state index contributed by atoms with van der Waals surface area (Å²) in [5.74, 6) is 1.53. The first-order valence-electron chi connectivity index (χ1n) is 4.90. The summed E-state index contributed by atoms with van der Waals surface area (Å²) in [6, 6.07) is 5.54. The number of rotatable bonds is 3. The zero-order valence-electron chi connectivity index (χ0n) is 8.32. The number of ether oxygens (including phenoxy) is 2. The average Bonchev–Trinajstić information content (AvgIpc) is 2.14. The molecule has 1 saturated carbocycles. The molecule has 0 spiro atoms. The summed E-state index contributed by atoms with van der Waals surface area (Å²) in [7, 11) is 7.31. The van der Waals surface area contributed by atoms with Crippen LogP contribution in [0.2, 0.25) is 0 Å². The van der Waals surface area contributed by atoms with Crippen molar-refractivity contribution < 1.29 is 9.47 Å². The molecular formula is C11H13BO2. The summed E-state index contributed by atoms with van der Waals surface area (Å²) in [5.41, 5.74) is 0.647. The number of hydrogen-bond acceptors (Lipinski definition) is 2. The monoisotopic (exact) mass is 188 g/mol. The van der Waals surface area contributed by atoms with Crippen LogP contribution in [0.15, 0.2) is 18.2 Å². The maximum Gasteiger partial charge on any atom is 0.123 e. The van der Waals surface area contributed by atoms with Gasteiger partial charge in [0.25, 0.3) is 0 Å². The van der Waals surface area contributed by atoms with Crippen molar-refractivity contribution >= 4 is 13.3 Å². The third kappa shape index (κ3) is 1.86. The molecule has 3 heteroatoms. The Morgan fingerprint density at radius 3 is 2.71 bits per heavy atom. The fourth-order valence-electron chi connectivity index (χ4n) is 1.45. The van der Waals surface area contributed by atoms with Gasteiger partial charge in [-0.2, -0.15) is 0 Å². The molecule has 0 atom stereocenters. The van der Waals surface area contributed by atoms with E-state index in [4.69, 9.17) is 17.3 Å². The highest BCUT2D eigenvalue weighted by Crippen LogP contribution is 2.26. The zero-order valence-corrected chi connectivity index (χ0v) is 8.32. The van der Waals surface area contributed by atoms with Crippen LogP contribution in [0.5, 0.6) is 11.5 Å².